The van der Waals surface area contributed by atoms with E-state index in [1.165, 1.54) is 0 Å². The lowest BCUT2D eigenvalue weighted by molar-refractivity contribution is 0.524. The van der Waals surface area contributed by atoms with Gasteiger partial charge in [-0.15, -0.1) is 0 Å². The average molecular weight is 265 g/mol. The fraction of sp³-hybridized carbons (Fsp3) is 0.429. The minimum atomic E-state index is -3.43. The van der Waals surface area contributed by atoms with Crippen LogP contribution in [0.2, 0.25) is 0 Å². The van der Waals surface area contributed by atoms with Crippen molar-refractivity contribution in [3.63, 3.8) is 0 Å². The monoisotopic (exact) mass is 265 g/mol. The summed E-state index contributed by atoms with van der Waals surface area (Å²) < 4.78 is 27.1. The molecule has 4 heteroatoms. The molecule has 1 N–H and O–H groups in total. The van der Waals surface area contributed by atoms with Gasteiger partial charge in [-0.1, -0.05) is 30.7 Å². The molecule has 1 aromatic rings. The fourth-order valence-corrected chi connectivity index (χ4v) is 3.32. The maximum absolute atomic E-state index is 12.2. The van der Waals surface area contributed by atoms with Gasteiger partial charge in [0, 0.05) is 5.70 Å². The van der Waals surface area contributed by atoms with Crippen molar-refractivity contribution in [2.45, 2.75) is 38.0 Å². The SMILES string of the molecule is Cc1ccc(S(=O)(=O)NC2=CCCCC2C)cc1. The molecule has 0 heterocycles. The molecule has 1 aromatic carbocycles. The molecule has 0 amide bonds. The third-order valence-corrected chi connectivity index (χ3v) is 4.72. The minimum Gasteiger partial charge on any atom is -0.283 e. The summed E-state index contributed by atoms with van der Waals surface area (Å²) in [7, 11) is -3.43. The van der Waals surface area contributed by atoms with E-state index in [9.17, 15) is 8.42 Å². The fourth-order valence-electron chi connectivity index (χ4n) is 2.11. The largest absolute Gasteiger partial charge is 0.283 e. The van der Waals surface area contributed by atoms with Crippen LogP contribution in [0, 0.1) is 12.8 Å². The summed E-state index contributed by atoms with van der Waals surface area (Å²) in [5, 5.41) is 0. The third kappa shape index (κ3) is 2.93. The zero-order valence-electron chi connectivity index (χ0n) is 10.8. The molecule has 0 saturated heterocycles. The lowest BCUT2D eigenvalue weighted by atomic mass is 9.95. The summed E-state index contributed by atoms with van der Waals surface area (Å²) in [4.78, 5) is 0.326. The van der Waals surface area contributed by atoms with E-state index in [-0.39, 0.29) is 0 Å². The van der Waals surface area contributed by atoms with Crippen molar-refractivity contribution in [2.24, 2.45) is 5.92 Å². The van der Waals surface area contributed by atoms with Gasteiger partial charge in [-0.3, -0.25) is 4.72 Å². The van der Waals surface area contributed by atoms with Crippen molar-refractivity contribution in [2.75, 3.05) is 0 Å². The number of rotatable bonds is 3. The van der Waals surface area contributed by atoms with E-state index >= 15 is 0 Å². The van der Waals surface area contributed by atoms with Gasteiger partial charge < -0.3 is 0 Å². The number of sulfonamides is 1. The van der Waals surface area contributed by atoms with E-state index in [0.29, 0.717) is 10.8 Å². The normalized spacial score (nSPS) is 20.3. The maximum atomic E-state index is 12.2. The van der Waals surface area contributed by atoms with E-state index < -0.39 is 10.0 Å². The molecular formula is C14H19NO2S. The Hall–Kier alpha value is -1.29. The zero-order chi connectivity index (χ0) is 13.2. The van der Waals surface area contributed by atoms with Crippen LogP contribution in [0.3, 0.4) is 0 Å². The molecule has 0 saturated carbocycles. The van der Waals surface area contributed by atoms with Gasteiger partial charge in [0.25, 0.3) is 10.0 Å². The highest BCUT2D eigenvalue weighted by Gasteiger charge is 2.20. The van der Waals surface area contributed by atoms with Crippen LogP contribution in [-0.2, 0) is 10.0 Å². The molecule has 18 heavy (non-hydrogen) atoms. The Morgan fingerprint density at radius 3 is 2.50 bits per heavy atom. The Bertz CT molecular complexity index is 544. The molecule has 0 fully saturated rings. The first-order chi connectivity index (χ1) is 8.49. The Balaban J connectivity index is 2.22. The maximum Gasteiger partial charge on any atom is 0.261 e. The number of aryl methyl sites for hydroxylation is 1. The summed E-state index contributed by atoms with van der Waals surface area (Å²) in [5.74, 6) is 0.291. The molecule has 2 rings (SSSR count). The summed E-state index contributed by atoms with van der Waals surface area (Å²) in [5.41, 5.74) is 1.89. The van der Waals surface area contributed by atoms with Crippen LogP contribution < -0.4 is 4.72 Å². The number of nitrogens with one attached hydrogen (secondary N) is 1. The van der Waals surface area contributed by atoms with E-state index in [2.05, 4.69) is 11.6 Å². The average Bonchev–Trinajstić information content (AvgIpc) is 2.32. The highest BCUT2D eigenvalue weighted by Crippen LogP contribution is 2.24. The van der Waals surface area contributed by atoms with Crippen molar-refractivity contribution in [3.8, 4) is 0 Å². The van der Waals surface area contributed by atoms with E-state index in [0.717, 1.165) is 30.5 Å². The predicted molar refractivity (Wildman–Crippen MR) is 72.6 cm³/mol. The standard InChI is InChI=1S/C14H19NO2S/c1-11-7-9-13(10-8-11)18(16,17)15-14-6-4-3-5-12(14)2/h6-10,12,15H,3-5H2,1-2H3. The van der Waals surface area contributed by atoms with Crippen LogP contribution in [0.25, 0.3) is 0 Å². The molecule has 0 aliphatic heterocycles. The van der Waals surface area contributed by atoms with Gasteiger partial charge in [-0.2, -0.15) is 0 Å². The predicted octanol–water partition coefficient (Wildman–Crippen LogP) is 2.98. The molecule has 1 aliphatic rings. The first kappa shape index (κ1) is 13.1. The summed E-state index contributed by atoms with van der Waals surface area (Å²) >= 11 is 0. The zero-order valence-corrected chi connectivity index (χ0v) is 11.6. The molecule has 1 atom stereocenters. The van der Waals surface area contributed by atoms with Crippen LogP contribution in [0.1, 0.15) is 31.7 Å². The van der Waals surface area contributed by atoms with Gasteiger partial charge in [0.15, 0.2) is 0 Å². The van der Waals surface area contributed by atoms with E-state index in [1.54, 1.807) is 12.1 Å². The summed E-state index contributed by atoms with van der Waals surface area (Å²) in [6, 6.07) is 6.91. The third-order valence-electron chi connectivity index (χ3n) is 3.32. The Morgan fingerprint density at radius 1 is 1.22 bits per heavy atom. The van der Waals surface area contributed by atoms with Gasteiger partial charge in [0.05, 0.1) is 4.90 Å². The van der Waals surface area contributed by atoms with Gasteiger partial charge in [0.1, 0.15) is 0 Å². The molecule has 1 unspecified atom stereocenters. The second-order valence-electron chi connectivity index (χ2n) is 4.91. The quantitative estimate of drug-likeness (QED) is 0.913. The smallest absolute Gasteiger partial charge is 0.261 e. The minimum absolute atomic E-state index is 0.291. The van der Waals surface area contributed by atoms with Crippen molar-refractivity contribution >= 4 is 10.0 Å². The van der Waals surface area contributed by atoms with E-state index in [1.807, 2.05) is 25.1 Å². The molecule has 0 bridgehead atoms. The highest BCUT2D eigenvalue weighted by atomic mass is 32.2. The Morgan fingerprint density at radius 2 is 1.89 bits per heavy atom. The van der Waals surface area contributed by atoms with Crippen LogP contribution in [-0.4, -0.2) is 8.42 Å². The number of hydrogen-bond donors (Lipinski definition) is 1. The topological polar surface area (TPSA) is 46.2 Å². The molecule has 98 valence electrons. The second kappa shape index (κ2) is 5.14. The summed E-state index contributed by atoms with van der Waals surface area (Å²) in [6.45, 7) is 4.00. The number of benzene rings is 1. The molecular weight excluding hydrogens is 246 g/mol. The van der Waals surface area contributed by atoms with Crippen LogP contribution in [0.5, 0.6) is 0 Å². The lowest BCUT2D eigenvalue weighted by Gasteiger charge is -2.21. The van der Waals surface area contributed by atoms with Gasteiger partial charge in [-0.05, 0) is 44.2 Å². The molecule has 1 aliphatic carbocycles. The van der Waals surface area contributed by atoms with Crippen molar-refractivity contribution < 1.29 is 8.42 Å². The van der Waals surface area contributed by atoms with Crippen molar-refractivity contribution in [1.29, 1.82) is 0 Å². The van der Waals surface area contributed by atoms with Gasteiger partial charge >= 0.3 is 0 Å². The van der Waals surface area contributed by atoms with E-state index in [4.69, 9.17) is 0 Å². The Kier molecular flexibility index (Phi) is 3.76. The first-order valence-corrected chi connectivity index (χ1v) is 7.77. The second-order valence-corrected chi connectivity index (χ2v) is 6.59. The molecule has 0 aromatic heterocycles. The summed E-state index contributed by atoms with van der Waals surface area (Å²) in [6.07, 6.45) is 5.13. The van der Waals surface area contributed by atoms with Crippen LogP contribution in [0.4, 0.5) is 0 Å². The lowest BCUT2D eigenvalue weighted by Crippen LogP contribution is -2.27. The molecule has 0 radical (unpaired) electrons. The van der Waals surface area contributed by atoms with Crippen LogP contribution >= 0.6 is 0 Å². The highest BCUT2D eigenvalue weighted by molar-refractivity contribution is 7.89. The molecule has 0 spiro atoms. The van der Waals surface area contributed by atoms with Crippen molar-refractivity contribution in [3.05, 3.63) is 41.6 Å². The first-order valence-electron chi connectivity index (χ1n) is 6.28. The number of hydrogen-bond acceptors (Lipinski definition) is 2. The van der Waals surface area contributed by atoms with Crippen molar-refractivity contribution in [1.82, 2.24) is 4.72 Å². The van der Waals surface area contributed by atoms with Crippen LogP contribution in [0.15, 0.2) is 40.9 Å². The molecule has 3 nitrogen and oxygen atoms in total. The van der Waals surface area contributed by atoms with Gasteiger partial charge in [-0.25, -0.2) is 8.42 Å². The number of allylic oxidation sites excluding steroid dienone is 2. The van der Waals surface area contributed by atoms with Gasteiger partial charge in [0.2, 0.25) is 0 Å². The Labute approximate surface area is 109 Å².